The van der Waals surface area contributed by atoms with Gasteiger partial charge in [0.25, 0.3) is 15.9 Å². The summed E-state index contributed by atoms with van der Waals surface area (Å²) in [5.74, 6) is -0.668. The van der Waals surface area contributed by atoms with Crippen molar-refractivity contribution in [1.29, 1.82) is 0 Å². The maximum absolute atomic E-state index is 12.9. The Bertz CT molecular complexity index is 955. The fourth-order valence-electron chi connectivity index (χ4n) is 2.96. The van der Waals surface area contributed by atoms with Crippen LogP contribution in [0.5, 0.6) is 0 Å². The van der Waals surface area contributed by atoms with Crippen LogP contribution in [0.25, 0.3) is 0 Å². The molecule has 8 heteroatoms. The zero-order valence-corrected chi connectivity index (χ0v) is 15.1. The molecule has 1 fully saturated rings. The molecule has 1 heterocycles. The monoisotopic (exact) mass is 373 g/mol. The molecule has 2 N–H and O–H groups in total. The van der Waals surface area contributed by atoms with E-state index < -0.39 is 15.9 Å². The van der Waals surface area contributed by atoms with Gasteiger partial charge in [0.2, 0.25) is 5.91 Å². The topological polar surface area (TPSA) is 101 Å². The second-order valence-electron chi connectivity index (χ2n) is 6.00. The summed E-state index contributed by atoms with van der Waals surface area (Å²) in [6, 6.07) is 12.4. The Morgan fingerprint density at radius 2 is 1.77 bits per heavy atom. The SMILES string of the molecule is CN(c1ccccc1C(N)=O)S(=O)(=O)c1ccc(N2CCCC2=O)cc1. The van der Waals surface area contributed by atoms with Crippen LogP contribution in [0, 0.1) is 0 Å². The molecule has 2 aromatic carbocycles. The predicted octanol–water partition coefficient (Wildman–Crippen LogP) is 1.74. The van der Waals surface area contributed by atoms with Gasteiger partial charge in [0.15, 0.2) is 0 Å². The summed E-state index contributed by atoms with van der Waals surface area (Å²) in [6.45, 7) is 0.636. The molecule has 0 spiro atoms. The van der Waals surface area contributed by atoms with Gasteiger partial charge in [-0.1, -0.05) is 12.1 Å². The number of para-hydroxylation sites is 1. The van der Waals surface area contributed by atoms with Crippen LogP contribution in [0.15, 0.2) is 53.4 Å². The lowest BCUT2D eigenvalue weighted by molar-refractivity contribution is -0.117. The van der Waals surface area contributed by atoms with E-state index in [0.29, 0.717) is 18.7 Å². The van der Waals surface area contributed by atoms with Crippen molar-refractivity contribution in [3.8, 4) is 0 Å². The Morgan fingerprint density at radius 1 is 1.12 bits per heavy atom. The highest BCUT2D eigenvalue weighted by atomic mass is 32.2. The highest BCUT2D eigenvalue weighted by Crippen LogP contribution is 2.28. The van der Waals surface area contributed by atoms with Crippen molar-refractivity contribution < 1.29 is 18.0 Å². The van der Waals surface area contributed by atoms with Gasteiger partial charge in [0.1, 0.15) is 0 Å². The van der Waals surface area contributed by atoms with Crippen LogP contribution in [0.4, 0.5) is 11.4 Å². The van der Waals surface area contributed by atoms with Gasteiger partial charge in [-0.15, -0.1) is 0 Å². The number of nitrogens with two attached hydrogens (primary N) is 1. The molecule has 0 radical (unpaired) electrons. The fraction of sp³-hybridized carbons (Fsp3) is 0.222. The lowest BCUT2D eigenvalue weighted by Crippen LogP contribution is -2.29. The van der Waals surface area contributed by atoms with Gasteiger partial charge < -0.3 is 10.6 Å². The average molecular weight is 373 g/mol. The number of primary amides is 1. The molecule has 0 bridgehead atoms. The van der Waals surface area contributed by atoms with Gasteiger partial charge in [-0.2, -0.15) is 0 Å². The first-order valence-corrected chi connectivity index (χ1v) is 9.54. The van der Waals surface area contributed by atoms with Gasteiger partial charge in [-0.3, -0.25) is 13.9 Å². The second kappa shape index (κ2) is 6.80. The number of anilines is 2. The Hall–Kier alpha value is -2.87. The van der Waals surface area contributed by atoms with Crippen molar-refractivity contribution in [2.75, 3.05) is 22.8 Å². The standard InChI is InChI=1S/C18H19N3O4S/c1-20(16-6-3-2-5-15(16)18(19)23)26(24,25)14-10-8-13(9-11-14)21-12-4-7-17(21)22/h2-3,5-6,8-11H,4,7,12H2,1H3,(H2,19,23). The molecule has 1 aliphatic heterocycles. The van der Waals surface area contributed by atoms with Crippen molar-refractivity contribution in [3.05, 3.63) is 54.1 Å². The lowest BCUT2D eigenvalue weighted by Gasteiger charge is -2.22. The summed E-state index contributed by atoms with van der Waals surface area (Å²) in [6.07, 6.45) is 1.30. The Balaban J connectivity index is 1.93. The van der Waals surface area contributed by atoms with Crippen LogP contribution in [-0.4, -0.2) is 33.8 Å². The minimum Gasteiger partial charge on any atom is -0.366 e. The van der Waals surface area contributed by atoms with Crippen LogP contribution in [0.3, 0.4) is 0 Å². The van der Waals surface area contributed by atoms with E-state index in [1.807, 2.05) is 0 Å². The van der Waals surface area contributed by atoms with Crippen molar-refractivity contribution >= 4 is 33.2 Å². The summed E-state index contributed by atoms with van der Waals surface area (Å²) in [7, 11) is -2.51. The highest BCUT2D eigenvalue weighted by molar-refractivity contribution is 7.92. The van der Waals surface area contributed by atoms with E-state index in [1.54, 1.807) is 29.2 Å². The molecule has 26 heavy (non-hydrogen) atoms. The normalized spacial score (nSPS) is 14.5. The smallest absolute Gasteiger partial charge is 0.264 e. The molecule has 2 amide bonds. The number of carbonyl (C=O) groups excluding carboxylic acids is 2. The van der Waals surface area contributed by atoms with Crippen LogP contribution in [0.1, 0.15) is 23.2 Å². The number of amides is 2. The minimum atomic E-state index is -3.88. The Kier molecular flexibility index (Phi) is 4.69. The molecular formula is C18H19N3O4S. The first kappa shape index (κ1) is 17.9. The molecule has 0 unspecified atom stereocenters. The summed E-state index contributed by atoms with van der Waals surface area (Å²) < 4.78 is 26.8. The Morgan fingerprint density at radius 3 is 2.35 bits per heavy atom. The zero-order valence-electron chi connectivity index (χ0n) is 14.3. The summed E-state index contributed by atoms with van der Waals surface area (Å²) in [5, 5.41) is 0. The van der Waals surface area contributed by atoms with E-state index >= 15 is 0 Å². The van der Waals surface area contributed by atoms with Gasteiger partial charge in [0.05, 0.1) is 16.1 Å². The Labute approximate surface area is 152 Å². The molecule has 1 aliphatic rings. The minimum absolute atomic E-state index is 0.0353. The first-order chi connectivity index (χ1) is 12.3. The summed E-state index contributed by atoms with van der Waals surface area (Å²) in [4.78, 5) is 25.1. The van der Waals surface area contributed by atoms with Crippen LogP contribution in [-0.2, 0) is 14.8 Å². The average Bonchev–Trinajstić information content (AvgIpc) is 3.07. The molecular weight excluding hydrogens is 354 g/mol. The molecule has 2 aromatic rings. The third-order valence-corrected chi connectivity index (χ3v) is 6.17. The largest absolute Gasteiger partial charge is 0.366 e. The number of sulfonamides is 1. The zero-order chi connectivity index (χ0) is 18.9. The van der Waals surface area contributed by atoms with E-state index in [2.05, 4.69) is 0 Å². The van der Waals surface area contributed by atoms with E-state index in [1.165, 1.54) is 31.3 Å². The molecule has 0 aromatic heterocycles. The fourth-order valence-corrected chi connectivity index (χ4v) is 4.18. The number of rotatable bonds is 5. The molecule has 1 saturated heterocycles. The van der Waals surface area contributed by atoms with Crippen molar-refractivity contribution in [3.63, 3.8) is 0 Å². The van der Waals surface area contributed by atoms with Gasteiger partial charge >= 0.3 is 0 Å². The first-order valence-electron chi connectivity index (χ1n) is 8.10. The van der Waals surface area contributed by atoms with E-state index in [4.69, 9.17) is 5.73 Å². The van der Waals surface area contributed by atoms with Crippen LogP contribution >= 0.6 is 0 Å². The summed E-state index contributed by atoms with van der Waals surface area (Å²) in [5.41, 5.74) is 6.34. The number of hydrogen-bond donors (Lipinski definition) is 1. The molecule has 7 nitrogen and oxygen atoms in total. The highest BCUT2D eigenvalue weighted by Gasteiger charge is 2.26. The molecule has 0 aliphatic carbocycles. The predicted molar refractivity (Wildman–Crippen MR) is 98.6 cm³/mol. The number of benzene rings is 2. The van der Waals surface area contributed by atoms with Crippen molar-refractivity contribution in [2.45, 2.75) is 17.7 Å². The van der Waals surface area contributed by atoms with Crippen molar-refractivity contribution in [2.24, 2.45) is 5.73 Å². The molecule has 3 rings (SSSR count). The number of carbonyl (C=O) groups is 2. The van der Waals surface area contributed by atoms with Crippen LogP contribution in [0.2, 0.25) is 0 Å². The van der Waals surface area contributed by atoms with Crippen LogP contribution < -0.4 is 14.9 Å². The molecule has 136 valence electrons. The van der Waals surface area contributed by atoms with E-state index in [9.17, 15) is 18.0 Å². The van der Waals surface area contributed by atoms with Gasteiger partial charge in [-0.25, -0.2) is 8.42 Å². The quantitative estimate of drug-likeness (QED) is 0.862. The maximum Gasteiger partial charge on any atom is 0.264 e. The second-order valence-corrected chi connectivity index (χ2v) is 7.97. The lowest BCUT2D eigenvalue weighted by atomic mass is 10.2. The maximum atomic E-state index is 12.9. The van der Waals surface area contributed by atoms with Crippen molar-refractivity contribution in [1.82, 2.24) is 0 Å². The number of hydrogen-bond acceptors (Lipinski definition) is 4. The van der Waals surface area contributed by atoms with E-state index in [0.717, 1.165) is 10.7 Å². The number of nitrogens with zero attached hydrogens (tertiary/aromatic N) is 2. The summed E-state index contributed by atoms with van der Waals surface area (Å²) >= 11 is 0. The van der Waals surface area contributed by atoms with Gasteiger partial charge in [0, 0.05) is 25.7 Å². The molecule has 0 saturated carbocycles. The van der Waals surface area contributed by atoms with E-state index in [-0.39, 0.29) is 22.1 Å². The molecule has 0 atom stereocenters. The van der Waals surface area contributed by atoms with Gasteiger partial charge in [-0.05, 0) is 42.8 Å². The third kappa shape index (κ3) is 3.15. The third-order valence-electron chi connectivity index (χ3n) is 4.39.